The Bertz CT molecular complexity index is 568. The summed E-state index contributed by atoms with van der Waals surface area (Å²) in [5, 5.41) is 4.83. The molecule has 6 heteroatoms. The van der Waals surface area contributed by atoms with Crippen LogP contribution in [0.4, 0.5) is 0 Å². The van der Waals surface area contributed by atoms with E-state index in [1.165, 1.54) is 0 Å². The quantitative estimate of drug-likeness (QED) is 0.573. The third kappa shape index (κ3) is 3.25. The number of aromatic nitrogens is 4. The van der Waals surface area contributed by atoms with Gasteiger partial charge in [0.2, 0.25) is 0 Å². The van der Waals surface area contributed by atoms with Crippen molar-refractivity contribution in [2.45, 2.75) is 39.7 Å². The van der Waals surface area contributed by atoms with E-state index in [0.29, 0.717) is 11.0 Å². The highest BCUT2D eigenvalue weighted by atomic mass is 127. The Morgan fingerprint density at radius 1 is 1.26 bits per heavy atom. The number of nitrogens with zero attached hydrogens (tertiary/aromatic N) is 4. The average Bonchev–Trinajstić information content (AvgIpc) is 2.84. The second kappa shape index (κ2) is 6.65. The highest BCUT2D eigenvalue weighted by Crippen LogP contribution is 2.24. The fourth-order valence-electron chi connectivity index (χ4n) is 1.89. The predicted octanol–water partition coefficient (Wildman–Crippen LogP) is 3.96. The van der Waals surface area contributed by atoms with Gasteiger partial charge in [0.15, 0.2) is 5.82 Å². The van der Waals surface area contributed by atoms with E-state index in [-0.39, 0.29) is 0 Å². The third-order valence-corrected chi connectivity index (χ3v) is 4.47. The molecule has 0 unspecified atom stereocenters. The van der Waals surface area contributed by atoms with Crippen LogP contribution in [0.5, 0.6) is 0 Å². The highest BCUT2D eigenvalue weighted by Gasteiger charge is 2.14. The van der Waals surface area contributed by atoms with Gasteiger partial charge in [-0.25, -0.2) is 9.97 Å². The lowest BCUT2D eigenvalue weighted by Gasteiger charge is -2.09. The van der Waals surface area contributed by atoms with E-state index in [1.54, 1.807) is 6.20 Å². The fraction of sp³-hybridized carbons (Fsp3) is 0.462. The first-order valence-electron chi connectivity index (χ1n) is 6.41. The lowest BCUT2D eigenvalue weighted by molar-refractivity contribution is 0.606. The molecule has 2 aromatic rings. The minimum Gasteiger partial charge on any atom is -0.262 e. The molecule has 19 heavy (non-hydrogen) atoms. The Kier molecular flexibility index (Phi) is 5.15. The first-order valence-corrected chi connectivity index (χ1v) is 7.87. The maximum Gasteiger partial charge on any atom is 0.179 e. The Morgan fingerprint density at radius 2 is 2.05 bits per heavy atom. The van der Waals surface area contributed by atoms with Crippen LogP contribution < -0.4 is 0 Å². The summed E-state index contributed by atoms with van der Waals surface area (Å²) in [6.07, 6.45) is 4.75. The van der Waals surface area contributed by atoms with Gasteiger partial charge in [-0.2, -0.15) is 5.10 Å². The molecule has 102 valence electrons. The summed E-state index contributed by atoms with van der Waals surface area (Å²) >= 11 is 8.42. The molecular weight excluding hydrogens is 375 g/mol. The fourth-order valence-corrected chi connectivity index (χ4v) is 2.59. The first-order chi connectivity index (χ1) is 9.17. The van der Waals surface area contributed by atoms with E-state index in [1.807, 2.05) is 10.7 Å². The van der Waals surface area contributed by atoms with Gasteiger partial charge in [-0.3, -0.25) is 4.68 Å². The first kappa shape index (κ1) is 14.7. The Hall–Kier alpha value is -0.690. The van der Waals surface area contributed by atoms with Crippen molar-refractivity contribution in [1.82, 2.24) is 19.7 Å². The lowest BCUT2D eigenvalue weighted by Crippen LogP contribution is -2.06. The summed E-state index contributed by atoms with van der Waals surface area (Å²) in [5.74, 6) is 0.666. The molecule has 0 aromatic carbocycles. The van der Waals surface area contributed by atoms with E-state index in [2.05, 4.69) is 51.5 Å². The zero-order chi connectivity index (χ0) is 13.8. The van der Waals surface area contributed by atoms with Crippen LogP contribution in [0.2, 0.25) is 5.15 Å². The smallest absolute Gasteiger partial charge is 0.179 e. The van der Waals surface area contributed by atoms with Crippen LogP contribution >= 0.6 is 34.2 Å². The van der Waals surface area contributed by atoms with Crippen LogP contribution in [0, 0.1) is 3.57 Å². The lowest BCUT2D eigenvalue weighted by atomic mass is 10.2. The van der Waals surface area contributed by atoms with Crippen LogP contribution in [0.15, 0.2) is 12.3 Å². The van der Waals surface area contributed by atoms with Crippen LogP contribution in [0.1, 0.15) is 32.4 Å². The second-order valence-corrected chi connectivity index (χ2v) is 5.73. The molecule has 0 aliphatic rings. The zero-order valence-corrected chi connectivity index (χ0v) is 13.9. The molecule has 0 spiro atoms. The van der Waals surface area contributed by atoms with E-state index in [9.17, 15) is 0 Å². The van der Waals surface area contributed by atoms with Crippen molar-refractivity contribution >= 4 is 34.2 Å². The molecule has 0 fully saturated rings. The number of rotatable bonds is 5. The summed E-state index contributed by atoms with van der Waals surface area (Å²) in [5.41, 5.74) is 1.94. The van der Waals surface area contributed by atoms with Crippen molar-refractivity contribution < 1.29 is 0 Å². The largest absolute Gasteiger partial charge is 0.262 e. The number of hydrogen-bond donors (Lipinski definition) is 0. The van der Waals surface area contributed by atoms with Crippen molar-refractivity contribution in [1.29, 1.82) is 0 Å². The van der Waals surface area contributed by atoms with Crippen LogP contribution in [-0.4, -0.2) is 19.7 Å². The average molecular weight is 391 g/mol. The van der Waals surface area contributed by atoms with E-state index in [4.69, 9.17) is 11.6 Å². The third-order valence-electron chi connectivity index (χ3n) is 2.75. The molecule has 0 amide bonds. The molecule has 2 heterocycles. The van der Waals surface area contributed by atoms with Gasteiger partial charge in [0.25, 0.3) is 0 Å². The van der Waals surface area contributed by atoms with Gasteiger partial charge in [-0.1, -0.05) is 31.9 Å². The van der Waals surface area contributed by atoms with Gasteiger partial charge in [0.1, 0.15) is 10.8 Å². The molecule has 4 nitrogen and oxygen atoms in total. The molecule has 0 saturated heterocycles. The van der Waals surface area contributed by atoms with E-state index in [0.717, 1.165) is 40.8 Å². The summed E-state index contributed by atoms with van der Waals surface area (Å²) in [7, 11) is 0. The summed E-state index contributed by atoms with van der Waals surface area (Å²) < 4.78 is 2.88. The van der Waals surface area contributed by atoms with Gasteiger partial charge in [-0.05, 0) is 41.5 Å². The molecule has 0 aliphatic carbocycles. The Labute approximate surface area is 131 Å². The van der Waals surface area contributed by atoms with E-state index >= 15 is 0 Å². The van der Waals surface area contributed by atoms with Gasteiger partial charge >= 0.3 is 0 Å². The van der Waals surface area contributed by atoms with Crippen molar-refractivity contribution in [2.75, 3.05) is 0 Å². The van der Waals surface area contributed by atoms with Gasteiger partial charge in [0.05, 0.1) is 9.26 Å². The number of hydrogen-bond acceptors (Lipinski definition) is 3. The SMILES string of the molecule is CCCc1nc(-c2ccnn2CCC)nc(Cl)c1I. The van der Waals surface area contributed by atoms with Crippen molar-refractivity contribution in [3.8, 4) is 11.5 Å². The summed E-state index contributed by atoms with van der Waals surface area (Å²) in [4.78, 5) is 9.03. The molecule has 0 aliphatic heterocycles. The number of halogens is 2. The van der Waals surface area contributed by atoms with E-state index < -0.39 is 0 Å². The van der Waals surface area contributed by atoms with Crippen molar-refractivity contribution in [2.24, 2.45) is 0 Å². The predicted molar refractivity (Wildman–Crippen MR) is 85.3 cm³/mol. The van der Waals surface area contributed by atoms with Gasteiger partial charge < -0.3 is 0 Å². The minimum atomic E-state index is 0.526. The van der Waals surface area contributed by atoms with Crippen LogP contribution in [0.3, 0.4) is 0 Å². The minimum absolute atomic E-state index is 0.526. The summed E-state index contributed by atoms with van der Waals surface area (Å²) in [6, 6.07) is 1.93. The molecule has 2 rings (SSSR count). The molecule has 0 atom stereocenters. The summed E-state index contributed by atoms with van der Waals surface area (Å²) in [6.45, 7) is 5.11. The molecular formula is C13H16ClIN4. The van der Waals surface area contributed by atoms with Crippen LogP contribution in [-0.2, 0) is 13.0 Å². The van der Waals surface area contributed by atoms with Crippen molar-refractivity contribution in [3.05, 3.63) is 26.7 Å². The molecule has 2 aromatic heterocycles. The highest BCUT2D eigenvalue weighted by molar-refractivity contribution is 14.1. The normalized spacial score (nSPS) is 10.9. The standard InChI is InChI=1S/C13H16ClIN4/c1-3-5-9-11(15)12(14)18-13(17-9)10-6-7-16-19(10)8-4-2/h6-7H,3-5,8H2,1-2H3. The molecule has 0 N–H and O–H groups in total. The maximum atomic E-state index is 6.21. The molecule has 0 bridgehead atoms. The topological polar surface area (TPSA) is 43.6 Å². The second-order valence-electron chi connectivity index (χ2n) is 4.29. The molecule has 0 radical (unpaired) electrons. The van der Waals surface area contributed by atoms with Crippen LogP contribution in [0.25, 0.3) is 11.5 Å². The van der Waals surface area contributed by atoms with Gasteiger partial charge in [-0.15, -0.1) is 0 Å². The Balaban J connectivity index is 2.47. The molecule has 0 saturated carbocycles. The van der Waals surface area contributed by atoms with Gasteiger partial charge in [0, 0.05) is 12.7 Å². The number of aryl methyl sites for hydroxylation is 2. The maximum absolute atomic E-state index is 6.21. The monoisotopic (exact) mass is 390 g/mol. The zero-order valence-electron chi connectivity index (χ0n) is 11.0. The van der Waals surface area contributed by atoms with Crippen molar-refractivity contribution in [3.63, 3.8) is 0 Å². The Morgan fingerprint density at radius 3 is 2.74 bits per heavy atom.